The molecule has 2 aromatic carbocycles. The molecule has 0 aliphatic heterocycles. The van der Waals surface area contributed by atoms with Crippen LogP contribution >= 0.6 is 15.9 Å². The van der Waals surface area contributed by atoms with Crippen molar-refractivity contribution < 1.29 is 13.2 Å². The van der Waals surface area contributed by atoms with Crippen LogP contribution in [-0.4, -0.2) is 4.98 Å². The molecule has 0 spiro atoms. The molecule has 0 atom stereocenters. The largest absolute Gasteiger partial charge is 0.416 e. The van der Waals surface area contributed by atoms with Gasteiger partial charge in [0.1, 0.15) is 0 Å². The Morgan fingerprint density at radius 1 is 0.960 bits per heavy atom. The summed E-state index contributed by atoms with van der Waals surface area (Å²) in [6.45, 7) is 4.00. The van der Waals surface area contributed by atoms with Gasteiger partial charge in [0.2, 0.25) is 0 Å². The Hall–Kier alpha value is -2.08. The van der Waals surface area contributed by atoms with Gasteiger partial charge >= 0.3 is 6.18 Å². The van der Waals surface area contributed by atoms with E-state index in [4.69, 9.17) is 0 Å². The molecule has 25 heavy (non-hydrogen) atoms. The maximum atomic E-state index is 12.6. The molecule has 0 bridgehead atoms. The number of pyridine rings is 1. The van der Waals surface area contributed by atoms with Gasteiger partial charge in [-0.2, -0.15) is 13.2 Å². The van der Waals surface area contributed by atoms with Crippen LogP contribution in [0.15, 0.2) is 57.9 Å². The number of benzene rings is 2. The molecule has 3 aromatic rings. The number of H-pyrrole nitrogens is 1. The van der Waals surface area contributed by atoms with Gasteiger partial charge in [-0.3, -0.25) is 4.79 Å². The first-order valence-corrected chi connectivity index (χ1v) is 8.14. The second-order valence-corrected chi connectivity index (χ2v) is 5.71. The van der Waals surface area contributed by atoms with Crippen LogP contribution in [0.3, 0.4) is 0 Å². The minimum absolute atomic E-state index is 0. The fraction of sp³-hybridized carbons (Fsp3) is 0.211. The van der Waals surface area contributed by atoms with E-state index >= 15 is 0 Å². The van der Waals surface area contributed by atoms with Crippen LogP contribution in [0.5, 0.6) is 0 Å². The minimum atomic E-state index is -4.36. The normalized spacial score (nSPS) is 10.6. The Morgan fingerprint density at radius 3 is 2.12 bits per heavy atom. The fourth-order valence-corrected chi connectivity index (χ4v) is 2.67. The molecule has 0 aliphatic carbocycles. The van der Waals surface area contributed by atoms with Crippen molar-refractivity contribution in [2.75, 3.05) is 0 Å². The van der Waals surface area contributed by atoms with Crippen LogP contribution in [0.4, 0.5) is 13.2 Å². The van der Waals surface area contributed by atoms with Crippen molar-refractivity contribution in [3.8, 4) is 11.1 Å². The summed E-state index contributed by atoms with van der Waals surface area (Å²) in [7, 11) is 0. The first-order chi connectivity index (χ1) is 11.4. The van der Waals surface area contributed by atoms with E-state index in [9.17, 15) is 18.0 Å². The molecule has 1 N–H and O–H groups in total. The Labute approximate surface area is 152 Å². The van der Waals surface area contributed by atoms with Crippen molar-refractivity contribution in [3.05, 3.63) is 69.1 Å². The Bertz CT molecular complexity index is 899. The lowest BCUT2D eigenvalue weighted by Crippen LogP contribution is -2.06. The third-order valence-electron chi connectivity index (χ3n) is 3.39. The molecule has 1 heterocycles. The molecule has 0 unspecified atom stereocenters. The van der Waals surface area contributed by atoms with Gasteiger partial charge in [0.15, 0.2) is 0 Å². The lowest BCUT2D eigenvalue weighted by atomic mass is 10.00. The summed E-state index contributed by atoms with van der Waals surface area (Å²) in [6, 6.07) is 10.1. The molecule has 0 saturated carbocycles. The molecule has 0 saturated heterocycles. The molecule has 1 aromatic heterocycles. The maximum absolute atomic E-state index is 12.6. The lowest BCUT2D eigenvalue weighted by molar-refractivity contribution is -0.137. The average molecular weight is 414 g/mol. The summed E-state index contributed by atoms with van der Waals surface area (Å²) in [6.07, 6.45) is -2.85. The van der Waals surface area contributed by atoms with E-state index in [2.05, 4.69) is 20.9 Å². The molecule has 0 fully saturated rings. The minimum Gasteiger partial charge on any atom is -0.328 e. The van der Waals surface area contributed by atoms with Crippen LogP contribution in [0.2, 0.25) is 0 Å². The predicted molar refractivity (Wildman–Crippen MR) is 101 cm³/mol. The maximum Gasteiger partial charge on any atom is 0.416 e. The molecule has 0 amide bonds. The molecule has 6 heteroatoms. The summed E-state index contributed by atoms with van der Waals surface area (Å²) in [5.74, 6) is 0. The van der Waals surface area contributed by atoms with Crippen LogP contribution in [0, 0.1) is 0 Å². The highest BCUT2D eigenvalue weighted by Crippen LogP contribution is 2.32. The van der Waals surface area contributed by atoms with Gasteiger partial charge < -0.3 is 4.98 Å². The van der Waals surface area contributed by atoms with E-state index < -0.39 is 11.7 Å². The highest BCUT2D eigenvalue weighted by Gasteiger charge is 2.30. The van der Waals surface area contributed by atoms with E-state index in [1.54, 1.807) is 18.2 Å². The third-order valence-corrected chi connectivity index (χ3v) is 3.88. The van der Waals surface area contributed by atoms with Gasteiger partial charge in [-0.05, 0) is 35.2 Å². The summed E-state index contributed by atoms with van der Waals surface area (Å²) >= 11 is 3.30. The first-order valence-electron chi connectivity index (χ1n) is 7.35. The molecular formula is C19H19BrF3NO. The van der Waals surface area contributed by atoms with Crippen molar-refractivity contribution in [1.29, 1.82) is 0 Å². The second kappa shape index (κ2) is 8.34. The smallest absolute Gasteiger partial charge is 0.328 e. The Morgan fingerprint density at radius 2 is 1.56 bits per heavy atom. The molecule has 3 rings (SSSR count). The van der Waals surface area contributed by atoms with E-state index in [0.29, 0.717) is 21.9 Å². The number of nitrogens with one attached hydrogen (secondary N) is 1. The summed E-state index contributed by atoms with van der Waals surface area (Å²) < 4.78 is 38.6. The average Bonchev–Trinajstić information content (AvgIpc) is 2.57. The van der Waals surface area contributed by atoms with Crippen molar-refractivity contribution in [3.63, 3.8) is 0 Å². The summed E-state index contributed by atoms with van der Waals surface area (Å²) in [4.78, 5) is 14.5. The number of aromatic nitrogens is 1. The second-order valence-electron chi connectivity index (χ2n) is 4.80. The summed E-state index contributed by atoms with van der Waals surface area (Å²) in [5, 5.41) is 1.17. The van der Waals surface area contributed by atoms with Gasteiger partial charge in [-0.25, -0.2) is 0 Å². The fourth-order valence-electron chi connectivity index (χ4n) is 2.31. The van der Waals surface area contributed by atoms with Crippen LogP contribution in [-0.2, 0) is 6.18 Å². The number of rotatable bonds is 1. The van der Waals surface area contributed by atoms with Crippen LogP contribution < -0.4 is 5.56 Å². The molecule has 134 valence electrons. The number of hydrogen-bond donors (Lipinski definition) is 1. The van der Waals surface area contributed by atoms with Gasteiger partial charge in [0, 0.05) is 21.6 Å². The third kappa shape index (κ3) is 4.51. The Kier molecular flexibility index (Phi) is 6.99. The van der Waals surface area contributed by atoms with Gasteiger partial charge in [-0.15, -0.1) is 0 Å². The zero-order chi connectivity index (χ0) is 17.9. The van der Waals surface area contributed by atoms with Crippen molar-refractivity contribution in [2.24, 2.45) is 0 Å². The highest BCUT2D eigenvalue weighted by molar-refractivity contribution is 9.10. The first kappa shape index (κ1) is 21.0. The van der Waals surface area contributed by atoms with E-state index in [1.807, 2.05) is 13.8 Å². The van der Waals surface area contributed by atoms with E-state index in [1.165, 1.54) is 18.3 Å². The van der Waals surface area contributed by atoms with Crippen molar-refractivity contribution >= 4 is 26.7 Å². The van der Waals surface area contributed by atoms with Gasteiger partial charge in [-0.1, -0.05) is 55.4 Å². The van der Waals surface area contributed by atoms with Gasteiger partial charge in [0.05, 0.1) is 5.56 Å². The monoisotopic (exact) mass is 413 g/mol. The molecule has 0 aliphatic rings. The van der Waals surface area contributed by atoms with Crippen LogP contribution in [0.25, 0.3) is 21.9 Å². The standard InChI is InChI=1S/C16H9BrF3NO.C2H6.CH4/c17-11-5-6-12-13(7-11)15(22)21-8-14(12)9-1-3-10(4-2-9)16(18,19)20;1-2;/h1-8H,(H,21,22);1-2H3;1H4. The summed E-state index contributed by atoms with van der Waals surface area (Å²) in [5.41, 5.74) is 0.340. The number of aromatic amines is 1. The SMILES string of the molecule is C.CC.O=c1[nH]cc(-c2ccc(C(F)(F)F)cc2)c2ccc(Br)cc12. The highest BCUT2D eigenvalue weighted by atomic mass is 79.9. The molecule has 2 nitrogen and oxygen atoms in total. The molecule has 0 radical (unpaired) electrons. The number of alkyl halides is 3. The molecular weight excluding hydrogens is 395 g/mol. The zero-order valence-electron chi connectivity index (χ0n) is 13.0. The van der Waals surface area contributed by atoms with Crippen molar-refractivity contribution in [1.82, 2.24) is 4.98 Å². The van der Waals surface area contributed by atoms with Gasteiger partial charge in [0.25, 0.3) is 5.56 Å². The number of hydrogen-bond acceptors (Lipinski definition) is 1. The van der Waals surface area contributed by atoms with Crippen LogP contribution in [0.1, 0.15) is 26.8 Å². The predicted octanol–water partition coefficient (Wildman–Crippen LogP) is 6.64. The van der Waals surface area contributed by atoms with E-state index in [0.717, 1.165) is 16.6 Å². The quantitative estimate of drug-likeness (QED) is 0.476. The zero-order valence-corrected chi connectivity index (χ0v) is 14.6. The topological polar surface area (TPSA) is 32.9 Å². The lowest BCUT2D eigenvalue weighted by Gasteiger charge is -2.09. The van der Waals surface area contributed by atoms with Crippen molar-refractivity contribution in [2.45, 2.75) is 27.5 Å². The van der Waals surface area contributed by atoms with E-state index in [-0.39, 0.29) is 13.0 Å². The number of fused-ring (bicyclic) bond motifs is 1. The number of halogens is 4. The Balaban J connectivity index is 0.00000101.